The first-order valence-electron chi connectivity index (χ1n) is 9.74. The van der Waals surface area contributed by atoms with Gasteiger partial charge in [0, 0.05) is 19.6 Å². The summed E-state index contributed by atoms with van der Waals surface area (Å²) in [5, 5.41) is 5.24. The van der Waals surface area contributed by atoms with Crippen LogP contribution in [-0.4, -0.2) is 31.1 Å². The summed E-state index contributed by atoms with van der Waals surface area (Å²) < 4.78 is 40.6. The van der Waals surface area contributed by atoms with Gasteiger partial charge in [0.15, 0.2) is 0 Å². The van der Waals surface area contributed by atoms with Crippen LogP contribution in [0.25, 0.3) is 10.8 Å². The van der Waals surface area contributed by atoms with Crippen molar-refractivity contribution in [1.29, 1.82) is 0 Å². The van der Waals surface area contributed by atoms with E-state index >= 15 is 0 Å². The Balaban J connectivity index is 1.90. The van der Waals surface area contributed by atoms with Gasteiger partial charge in [-0.1, -0.05) is 60.1 Å². The number of benzene rings is 3. The molecule has 1 unspecified atom stereocenters. The Morgan fingerprint density at radius 1 is 0.931 bits per heavy atom. The number of rotatable bonds is 3. The van der Waals surface area contributed by atoms with Gasteiger partial charge < -0.3 is 5.32 Å². The van der Waals surface area contributed by atoms with Gasteiger partial charge in [0.1, 0.15) is 0 Å². The van der Waals surface area contributed by atoms with Gasteiger partial charge in [-0.2, -0.15) is 13.2 Å². The van der Waals surface area contributed by atoms with Gasteiger partial charge in [-0.25, -0.2) is 0 Å². The first-order chi connectivity index (χ1) is 13.9. The van der Waals surface area contributed by atoms with E-state index < -0.39 is 11.7 Å². The van der Waals surface area contributed by atoms with Gasteiger partial charge in [0.2, 0.25) is 0 Å². The molecule has 0 amide bonds. The van der Waals surface area contributed by atoms with E-state index in [0.29, 0.717) is 5.56 Å². The van der Waals surface area contributed by atoms with Crippen molar-refractivity contribution in [2.75, 3.05) is 26.2 Å². The summed E-state index contributed by atoms with van der Waals surface area (Å²) in [4.78, 5) is 2.27. The van der Waals surface area contributed by atoms with Crippen molar-refractivity contribution in [3.63, 3.8) is 0 Å². The van der Waals surface area contributed by atoms with Crippen molar-refractivity contribution in [2.45, 2.75) is 18.6 Å². The number of nitrogens with one attached hydrogen (secondary N) is 1. The summed E-state index contributed by atoms with van der Waals surface area (Å²) in [7, 11) is 0. The second-order valence-corrected chi connectivity index (χ2v) is 7.75. The van der Waals surface area contributed by atoms with Crippen LogP contribution in [0.4, 0.5) is 13.2 Å². The molecule has 0 bridgehead atoms. The standard InChI is InChI=1S/C23H22ClF3N2/c24-21-10-9-17(15-20(21)23(25,26)27)22(29-13-4-11-28-12-14-29)19-8-3-6-16-5-1-2-7-18(16)19/h1-3,5-10,15,22,28H,4,11-14H2. The zero-order valence-corrected chi connectivity index (χ0v) is 16.6. The van der Waals surface area contributed by atoms with Crippen LogP contribution in [0.3, 0.4) is 0 Å². The Hall–Kier alpha value is -2.08. The molecule has 1 heterocycles. The number of fused-ring (bicyclic) bond motifs is 1. The maximum Gasteiger partial charge on any atom is 0.417 e. The molecule has 0 spiro atoms. The third-order valence-corrected chi connectivity index (χ3v) is 5.80. The van der Waals surface area contributed by atoms with E-state index in [2.05, 4.69) is 10.2 Å². The number of alkyl halides is 3. The van der Waals surface area contributed by atoms with E-state index in [9.17, 15) is 13.2 Å². The second kappa shape index (κ2) is 8.34. The Labute approximate surface area is 173 Å². The third kappa shape index (κ3) is 4.27. The summed E-state index contributed by atoms with van der Waals surface area (Å²) in [6.07, 6.45) is -3.54. The number of hydrogen-bond donors (Lipinski definition) is 1. The minimum atomic E-state index is -4.49. The summed E-state index contributed by atoms with van der Waals surface area (Å²) in [6, 6.07) is 18.1. The molecule has 3 aromatic rings. The van der Waals surface area contributed by atoms with Gasteiger partial charge in [0.05, 0.1) is 16.6 Å². The van der Waals surface area contributed by atoms with Crippen LogP contribution in [0.5, 0.6) is 0 Å². The SMILES string of the molecule is FC(F)(F)c1cc(C(c2cccc3ccccc23)N2CCCNCC2)ccc1Cl. The minimum Gasteiger partial charge on any atom is -0.315 e. The van der Waals surface area contributed by atoms with E-state index in [0.717, 1.165) is 48.9 Å². The molecule has 1 N–H and O–H groups in total. The zero-order valence-electron chi connectivity index (χ0n) is 15.8. The maximum absolute atomic E-state index is 13.5. The molecule has 0 saturated carbocycles. The monoisotopic (exact) mass is 418 g/mol. The van der Waals surface area contributed by atoms with Crippen molar-refractivity contribution < 1.29 is 13.2 Å². The fourth-order valence-corrected chi connectivity index (χ4v) is 4.36. The highest BCUT2D eigenvalue weighted by Crippen LogP contribution is 2.40. The summed E-state index contributed by atoms with van der Waals surface area (Å²) in [5.41, 5.74) is 0.843. The fourth-order valence-electron chi connectivity index (χ4n) is 4.13. The van der Waals surface area contributed by atoms with Gasteiger partial charge in [-0.15, -0.1) is 0 Å². The van der Waals surface area contributed by atoms with E-state index in [1.807, 2.05) is 42.5 Å². The predicted octanol–water partition coefficient (Wildman–Crippen LogP) is 5.90. The van der Waals surface area contributed by atoms with Gasteiger partial charge in [0.25, 0.3) is 0 Å². The van der Waals surface area contributed by atoms with Crippen molar-refractivity contribution in [1.82, 2.24) is 10.2 Å². The lowest BCUT2D eigenvalue weighted by molar-refractivity contribution is -0.137. The molecule has 1 fully saturated rings. The second-order valence-electron chi connectivity index (χ2n) is 7.35. The van der Waals surface area contributed by atoms with Crippen LogP contribution in [0.15, 0.2) is 60.7 Å². The topological polar surface area (TPSA) is 15.3 Å². The van der Waals surface area contributed by atoms with Crippen LogP contribution in [0.1, 0.15) is 29.2 Å². The molecule has 1 saturated heterocycles. The number of hydrogen-bond acceptors (Lipinski definition) is 2. The highest BCUT2D eigenvalue weighted by atomic mass is 35.5. The lowest BCUT2D eigenvalue weighted by Gasteiger charge is -2.32. The molecule has 6 heteroatoms. The maximum atomic E-state index is 13.5. The van der Waals surface area contributed by atoms with Crippen LogP contribution < -0.4 is 5.32 Å². The third-order valence-electron chi connectivity index (χ3n) is 5.47. The number of nitrogens with zero attached hydrogens (tertiary/aromatic N) is 1. The average Bonchev–Trinajstić information content (AvgIpc) is 2.98. The van der Waals surface area contributed by atoms with Crippen LogP contribution >= 0.6 is 11.6 Å². The zero-order chi connectivity index (χ0) is 20.4. The van der Waals surface area contributed by atoms with Crippen LogP contribution in [0, 0.1) is 0 Å². The lowest BCUT2D eigenvalue weighted by Crippen LogP contribution is -2.33. The Bertz CT molecular complexity index is 990. The molecule has 29 heavy (non-hydrogen) atoms. The van der Waals surface area contributed by atoms with Crippen molar-refractivity contribution >= 4 is 22.4 Å². The minimum absolute atomic E-state index is 0.268. The fraction of sp³-hybridized carbons (Fsp3) is 0.304. The molecule has 1 aliphatic rings. The first-order valence-corrected chi connectivity index (χ1v) is 10.1. The molecule has 0 aromatic heterocycles. The molecule has 2 nitrogen and oxygen atoms in total. The van der Waals surface area contributed by atoms with Crippen LogP contribution in [0.2, 0.25) is 5.02 Å². The Morgan fingerprint density at radius 3 is 2.55 bits per heavy atom. The van der Waals surface area contributed by atoms with E-state index in [1.165, 1.54) is 12.1 Å². The molecule has 0 radical (unpaired) electrons. The molecular formula is C23H22ClF3N2. The summed E-state index contributed by atoms with van der Waals surface area (Å²) in [5.74, 6) is 0. The Kier molecular flexibility index (Phi) is 5.81. The molecule has 0 aliphatic carbocycles. The Morgan fingerprint density at radius 2 is 1.72 bits per heavy atom. The summed E-state index contributed by atoms with van der Waals surface area (Å²) in [6.45, 7) is 3.29. The quantitative estimate of drug-likeness (QED) is 0.570. The highest BCUT2D eigenvalue weighted by Gasteiger charge is 2.35. The average molecular weight is 419 g/mol. The molecule has 152 valence electrons. The molecule has 3 aromatic carbocycles. The van der Waals surface area contributed by atoms with Gasteiger partial charge in [-0.05, 0) is 47.0 Å². The van der Waals surface area contributed by atoms with Crippen LogP contribution in [-0.2, 0) is 6.18 Å². The highest BCUT2D eigenvalue weighted by molar-refractivity contribution is 6.31. The van der Waals surface area contributed by atoms with Crippen molar-refractivity contribution in [3.8, 4) is 0 Å². The largest absolute Gasteiger partial charge is 0.417 e. The number of halogens is 4. The smallest absolute Gasteiger partial charge is 0.315 e. The van der Waals surface area contributed by atoms with Crippen molar-refractivity contribution in [3.05, 3.63) is 82.4 Å². The molecule has 1 atom stereocenters. The normalized spacial score (nSPS) is 17.2. The lowest BCUT2D eigenvalue weighted by atomic mass is 9.91. The van der Waals surface area contributed by atoms with Crippen molar-refractivity contribution in [2.24, 2.45) is 0 Å². The van der Waals surface area contributed by atoms with E-state index in [4.69, 9.17) is 11.6 Å². The van der Waals surface area contributed by atoms with E-state index in [-0.39, 0.29) is 11.1 Å². The predicted molar refractivity (Wildman–Crippen MR) is 111 cm³/mol. The van der Waals surface area contributed by atoms with Gasteiger partial charge >= 0.3 is 6.18 Å². The molecular weight excluding hydrogens is 397 g/mol. The van der Waals surface area contributed by atoms with E-state index in [1.54, 1.807) is 6.07 Å². The molecule has 4 rings (SSSR count). The first kappa shape index (κ1) is 20.2. The summed E-state index contributed by atoms with van der Waals surface area (Å²) >= 11 is 5.89. The van der Waals surface area contributed by atoms with Gasteiger partial charge in [-0.3, -0.25) is 4.90 Å². The molecule has 1 aliphatic heterocycles.